The van der Waals surface area contributed by atoms with Gasteiger partial charge in [0.15, 0.2) is 5.13 Å². The lowest BCUT2D eigenvalue weighted by Gasteiger charge is -2.04. The number of thiazole rings is 1. The number of alkyl halides is 2. The number of ether oxygens (including phenoxy) is 1. The van der Waals surface area contributed by atoms with Crippen molar-refractivity contribution >= 4 is 44.7 Å². The van der Waals surface area contributed by atoms with E-state index in [1.165, 1.54) is 27.0 Å². The highest BCUT2D eigenvalue weighted by Gasteiger charge is 2.07. The Balaban J connectivity index is 1.72. The first kappa shape index (κ1) is 16.1. The zero-order chi connectivity index (χ0) is 16.2. The molecule has 0 saturated carbocycles. The average molecular weight is 444 g/mol. The standard InChI is InChI=1S/C16H11F2IN2OS/c17-15(18)22-13-7-1-10(2-8-13)14-9-23-16(21-14)20-12-5-3-11(19)4-6-12/h1-9,15H,(H,20,21). The number of halogens is 3. The van der Waals surface area contributed by atoms with E-state index in [4.69, 9.17) is 0 Å². The molecule has 0 radical (unpaired) electrons. The van der Waals surface area contributed by atoms with Crippen molar-refractivity contribution in [2.24, 2.45) is 0 Å². The van der Waals surface area contributed by atoms with Gasteiger partial charge < -0.3 is 10.1 Å². The molecular formula is C16H11F2IN2OS. The summed E-state index contributed by atoms with van der Waals surface area (Å²) in [5, 5.41) is 5.93. The normalized spacial score (nSPS) is 10.8. The third kappa shape index (κ3) is 4.38. The minimum atomic E-state index is -2.81. The average Bonchev–Trinajstić information content (AvgIpc) is 2.98. The fourth-order valence-electron chi connectivity index (χ4n) is 1.93. The molecule has 0 aliphatic heterocycles. The van der Waals surface area contributed by atoms with Crippen molar-refractivity contribution in [2.45, 2.75) is 6.61 Å². The molecule has 7 heteroatoms. The van der Waals surface area contributed by atoms with Gasteiger partial charge >= 0.3 is 6.61 Å². The van der Waals surface area contributed by atoms with Gasteiger partial charge in [-0.3, -0.25) is 0 Å². The second-order valence-electron chi connectivity index (χ2n) is 4.57. The molecule has 2 aromatic carbocycles. The largest absolute Gasteiger partial charge is 0.435 e. The van der Waals surface area contributed by atoms with Gasteiger partial charge in [0.25, 0.3) is 0 Å². The first-order valence-electron chi connectivity index (χ1n) is 6.63. The van der Waals surface area contributed by atoms with Gasteiger partial charge in [-0.05, 0) is 71.1 Å². The van der Waals surface area contributed by atoms with Gasteiger partial charge in [-0.25, -0.2) is 4.98 Å². The number of hydrogen-bond acceptors (Lipinski definition) is 4. The van der Waals surface area contributed by atoms with Gasteiger partial charge in [0, 0.05) is 20.2 Å². The van der Waals surface area contributed by atoms with E-state index in [1.807, 2.05) is 29.6 Å². The lowest BCUT2D eigenvalue weighted by Crippen LogP contribution is -2.01. The summed E-state index contributed by atoms with van der Waals surface area (Å²) in [5.41, 5.74) is 2.59. The van der Waals surface area contributed by atoms with Crippen LogP contribution in [-0.2, 0) is 0 Å². The van der Waals surface area contributed by atoms with Crippen molar-refractivity contribution in [2.75, 3.05) is 5.32 Å². The second kappa shape index (κ2) is 7.22. The summed E-state index contributed by atoms with van der Waals surface area (Å²) >= 11 is 3.73. The smallest absolute Gasteiger partial charge is 0.387 e. The zero-order valence-electron chi connectivity index (χ0n) is 11.7. The van der Waals surface area contributed by atoms with Crippen molar-refractivity contribution < 1.29 is 13.5 Å². The molecule has 0 amide bonds. The first-order chi connectivity index (χ1) is 11.1. The predicted molar refractivity (Wildman–Crippen MR) is 96.6 cm³/mol. The van der Waals surface area contributed by atoms with Gasteiger partial charge in [0.05, 0.1) is 5.69 Å². The quantitative estimate of drug-likeness (QED) is 0.509. The number of aromatic nitrogens is 1. The van der Waals surface area contributed by atoms with E-state index in [0.29, 0.717) is 0 Å². The van der Waals surface area contributed by atoms with Crippen LogP contribution in [0.15, 0.2) is 53.9 Å². The zero-order valence-corrected chi connectivity index (χ0v) is 14.6. The Hall–Kier alpha value is -1.74. The minimum absolute atomic E-state index is 0.135. The molecule has 0 saturated heterocycles. The number of nitrogens with one attached hydrogen (secondary N) is 1. The molecule has 0 unspecified atom stereocenters. The van der Waals surface area contributed by atoms with Crippen LogP contribution in [0, 0.1) is 3.57 Å². The lowest BCUT2D eigenvalue weighted by molar-refractivity contribution is -0.0498. The monoisotopic (exact) mass is 444 g/mol. The topological polar surface area (TPSA) is 34.1 Å². The van der Waals surface area contributed by atoms with Crippen LogP contribution in [0.3, 0.4) is 0 Å². The van der Waals surface area contributed by atoms with Crippen LogP contribution in [0.1, 0.15) is 0 Å². The van der Waals surface area contributed by atoms with E-state index in [-0.39, 0.29) is 5.75 Å². The molecule has 0 aliphatic carbocycles. The Bertz CT molecular complexity index is 776. The molecule has 0 aliphatic rings. The third-order valence-corrected chi connectivity index (χ3v) is 4.45. The molecule has 0 spiro atoms. The van der Waals surface area contributed by atoms with Crippen LogP contribution in [0.25, 0.3) is 11.3 Å². The molecule has 1 N–H and O–H groups in total. The molecule has 0 fully saturated rings. The van der Waals surface area contributed by atoms with Crippen LogP contribution >= 0.6 is 33.9 Å². The maximum atomic E-state index is 12.1. The molecule has 3 rings (SSSR count). The Kier molecular flexibility index (Phi) is 5.06. The first-order valence-corrected chi connectivity index (χ1v) is 8.59. The Labute approximate surface area is 149 Å². The van der Waals surface area contributed by atoms with Crippen LogP contribution in [0.5, 0.6) is 5.75 Å². The number of nitrogens with zero attached hydrogens (tertiary/aromatic N) is 1. The number of rotatable bonds is 5. The third-order valence-electron chi connectivity index (χ3n) is 2.97. The maximum Gasteiger partial charge on any atom is 0.387 e. The highest BCUT2D eigenvalue weighted by Crippen LogP contribution is 2.28. The fourth-order valence-corrected chi connectivity index (χ4v) is 3.03. The van der Waals surface area contributed by atoms with Crippen LogP contribution in [-0.4, -0.2) is 11.6 Å². The van der Waals surface area contributed by atoms with Crippen molar-refractivity contribution in [3.63, 3.8) is 0 Å². The lowest BCUT2D eigenvalue weighted by atomic mass is 10.2. The van der Waals surface area contributed by atoms with Crippen molar-refractivity contribution in [3.05, 3.63) is 57.5 Å². The summed E-state index contributed by atoms with van der Waals surface area (Å²) in [6.45, 7) is -2.81. The molecule has 1 aromatic heterocycles. The fraction of sp³-hybridized carbons (Fsp3) is 0.0625. The highest BCUT2D eigenvalue weighted by molar-refractivity contribution is 14.1. The van der Waals surface area contributed by atoms with E-state index in [0.717, 1.165) is 22.1 Å². The molecular weight excluding hydrogens is 433 g/mol. The van der Waals surface area contributed by atoms with E-state index < -0.39 is 6.61 Å². The summed E-state index contributed by atoms with van der Waals surface area (Å²) in [6.07, 6.45) is 0. The SMILES string of the molecule is FC(F)Oc1ccc(-c2csc(Nc3ccc(I)cc3)n2)cc1. The van der Waals surface area contributed by atoms with Crippen molar-refractivity contribution in [1.29, 1.82) is 0 Å². The predicted octanol–water partition coefficient (Wildman–Crippen LogP) is 5.76. The maximum absolute atomic E-state index is 12.1. The number of hydrogen-bond donors (Lipinski definition) is 1. The van der Waals surface area contributed by atoms with E-state index in [2.05, 4.69) is 37.6 Å². The van der Waals surface area contributed by atoms with E-state index in [9.17, 15) is 8.78 Å². The van der Waals surface area contributed by atoms with E-state index in [1.54, 1.807) is 12.1 Å². The van der Waals surface area contributed by atoms with Gasteiger partial charge in [0.1, 0.15) is 5.75 Å². The van der Waals surface area contributed by atoms with Crippen LogP contribution < -0.4 is 10.1 Å². The second-order valence-corrected chi connectivity index (χ2v) is 6.68. The van der Waals surface area contributed by atoms with E-state index >= 15 is 0 Å². The minimum Gasteiger partial charge on any atom is -0.435 e. The van der Waals surface area contributed by atoms with Crippen molar-refractivity contribution in [1.82, 2.24) is 4.98 Å². The highest BCUT2D eigenvalue weighted by atomic mass is 127. The Morgan fingerprint density at radius 1 is 1.04 bits per heavy atom. The van der Waals surface area contributed by atoms with Gasteiger partial charge in [-0.2, -0.15) is 8.78 Å². The summed E-state index contributed by atoms with van der Waals surface area (Å²) < 4.78 is 29.8. The Morgan fingerprint density at radius 2 is 1.74 bits per heavy atom. The molecule has 3 aromatic rings. The summed E-state index contributed by atoms with van der Waals surface area (Å²) in [4.78, 5) is 4.51. The number of benzene rings is 2. The molecule has 3 nitrogen and oxygen atoms in total. The molecule has 1 heterocycles. The Morgan fingerprint density at radius 3 is 2.39 bits per heavy atom. The molecule has 0 bridgehead atoms. The summed E-state index contributed by atoms with van der Waals surface area (Å²) in [6, 6.07) is 14.4. The molecule has 23 heavy (non-hydrogen) atoms. The molecule has 118 valence electrons. The van der Waals surface area contributed by atoms with Crippen LogP contribution in [0.4, 0.5) is 19.6 Å². The number of anilines is 2. The summed E-state index contributed by atoms with van der Waals surface area (Å²) in [7, 11) is 0. The van der Waals surface area contributed by atoms with Gasteiger partial charge in [-0.1, -0.05) is 0 Å². The van der Waals surface area contributed by atoms with Crippen molar-refractivity contribution in [3.8, 4) is 17.0 Å². The van der Waals surface area contributed by atoms with Gasteiger partial charge in [-0.15, -0.1) is 11.3 Å². The summed E-state index contributed by atoms with van der Waals surface area (Å²) in [5.74, 6) is 0.135. The van der Waals surface area contributed by atoms with Gasteiger partial charge in [0.2, 0.25) is 0 Å². The van der Waals surface area contributed by atoms with Crippen LogP contribution in [0.2, 0.25) is 0 Å². The molecule has 0 atom stereocenters.